The lowest BCUT2D eigenvalue weighted by Gasteiger charge is -2.36. The summed E-state index contributed by atoms with van der Waals surface area (Å²) in [4.78, 5) is 17.8. The first-order valence-corrected chi connectivity index (χ1v) is 9.09. The van der Waals surface area contributed by atoms with E-state index in [2.05, 4.69) is 11.0 Å². The number of anilines is 1. The van der Waals surface area contributed by atoms with E-state index >= 15 is 0 Å². The predicted molar refractivity (Wildman–Crippen MR) is 99.0 cm³/mol. The first-order valence-electron chi connectivity index (χ1n) is 8.11. The van der Waals surface area contributed by atoms with Gasteiger partial charge in [-0.1, -0.05) is 24.3 Å². The van der Waals surface area contributed by atoms with Crippen LogP contribution in [-0.2, 0) is 4.79 Å². The van der Waals surface area contributed by atoms with Crippen molar-refractivity contribution in [2.75, 3.05) is 43.9 Å². The number of carbonyl (C=O) groups excluding carboxylic acids is 1. The minimum absolute atomic E-state index is 0.217. The molecule has 5 heteroatoms. The number of piperazine rings is 1. The maximum absolute atomic E-state index is 12.4. The van der Waals surface area contributed by atoms with Crippen LogP contribution in [0.5, 0.6) is 5.75 Å². The number of hydrogen-bond donors (Lipinski definition) is 0. The van der Waals surface area contributed by atoms with E-state index in [4.69, 9.17) is 4.74 Å². The van der Waals surface area contributed by atoms with Gasteiger partial charge in [0.1, 0.15) is 5.75 Å². The summed E-state index contributed by atoms with van der Waals surface area (Å²) in [6, 6.07) is 18.2. The molecule has 0 radical (unpaired) electrons. The van der Waals surface area contributed by atoms with E-state index in [1.165, 1.54) is 0 Å². The third-order valence-electron chi connectivity index (χ3n) is 4.16. The predicted octanol–water partition coefficient (Wildman–Crippen LogP) is 3.14. The lowest BCUT2D eigenvalue weighted by molar-refractivity contribution is -0.128. The maximum Gasteiger partial charge on any atom is 0.233 e. The van der Waals surface area contributed by atoms with E-state index in [9.17, 15) is 4.79 Å². The number of nitrogens with zero attached hydrogens (tertiary/aromatic N) is 2. The molecule has 2 aromatic rings. The zero-order chi connectivity index (χ0) is 16.8. The topological polar surface area (TPSA) is 32.8 Å². The number of benzene rings is 2. The quantitative estimate of drug-likeness (QED) is 0.782. The van der Waals surface area contributed by atoms with Gasteiger partial charge in [0.05, 0.1) is 12.9 Å². The van der Waals surface area contributed by atoms with Gasteiger partial charge in [-0.25, -0.2) is 0 Å². The van der Waals surface area contributed by atoms with E-state index in [1.807, 2.05) is 53.4 Å². The van der Waals surface area contributed by atoms with Gasteiger partial charge in [-0.15, -0.1) is 11.8 Å². The summed E-state index contributed by atoms with van der Waals surface area (Å²) in [5.41, 5.74) is 1.15. The Morgan fingerprint density at radius 2 is 1.79 bits per heavy atom. The van der Waals surface area contributed by atoms with Crippen LogP contribution in [0.4, 0.5) is 5.69 Å². The Morgan fingerprint density at radius 1 is 1.04 bits per heavy atom. The van der Waals surface area contributed by atoms with Crippen LogP contribution < -0.4 is 9.64 Å². The van der Waals surface area contributed by atoms with Gasteiger partial charge in [0.2, 0.25) is 5.91 Å². The SMILES string of the molecule is COc1cccc(N2CCN(C(=O)CSc3ccccc3)CC2)c1. The fraction of sp³-hybridized carbons (Fsp3) is 0.316. The van der Waals surface area contributed by atoms with E-state index in [1.54, 1.807) is 18.9 Å². The van der Waals surface area contributed by atoms with Crippen molar-refractivity contribution in [1.29, 1.82) is 0 Å². The Labute approximate surface area is 147 Å². The standard InChI is InChI=1S/C19H22N2O2S/c1-23-17-7-5-6-16(14-17)20-10-12-21(13-11-20)19(22)15-24-18-8-3-2-4-9-18/h2-9,14H,10-13,15H2,1H3. The van der Waals surface area contributed by atoms with Crippen LogP contribution in [0.25, 0.3) is 0 Å². The number of amides is 1. The largest absolute Gasteiger partial charge is 0.497 e. The monoisotopic (exact) mass is 342 g/mol. The minimum atomic E-state index is 0.217. The summed E-state index contributed by atoms with van der Waals surface area (Å²) >= 11 is 1.60. The molecule has 0 aromatic heterocycles. The van der Waals surface area contributed by atoms with Crippen molar-refractivity contribution in [3.05, 3.63) is 54.6 Å². The van der Waals surface area contributed by atoms with Gasteiger partial charge in [0.15, 0.2) is 0 Å². The average Bonchev–Trinajstić information content (AvgIpc) is 2.67. The number of rotatable bonds is 5. The summed E-state index contributed by atoms with van der Waals surface area (Å²) in [6.07, 6.45) is 0. The van der Waals surface area contributed by atoms with Crippen LogP contribution in [0.3, 0.4) is 0 Å². The van der Waals surface area contributed by atoms with Crippen molar-refractivity contribution in [2.24, 2.45) is 0 Å². The number of thioether (sulfide) groups is 1. The maximum atomic E-state index is 12.4. The van der Waals surface area contributed by atoms with Crippen LogP contribution in [-0.4, -0.2) is 49.8 Å². The summed E-state index contributed by atoms with van der Waals surface area (Å²) in [5.74, 6) is 1.59. The van der Waals surface area contributed by atoms with Crippen LogP contribution >= 0.6 is 11.8 Å². The number of carbonyl (C=O) groups is 1. The molecular formula is C19H22N2O2S. The van der Waals surface area contributed by atoms with E-state index in [-0.39, 0.29) is 5.91 Å². The molecular weight excluding hydrogens is 320 g/mol. The molecule has 4 nitrogen and oxygen atoms in total. The molecule has 1 aliphatic heterocycles. The zero-order valence-electron chi connectivity index (χ0n) is 13.9. The Morgan fingerprint density at radius 3 is 2.50 bits per heavy atom. The van der Waals surface area contributed by atoms with Crippen molar-refractivity contribution in [2.45, 2.75) is 4.90 Å². The van der Waals surface area contributed by atoms with Crippen LogP contribution in [0.1, 0.15) is 0 Å². The van der Waals surface area contributed by atoms with Gasteiger partial charge in [-0.05, 0) is 24.3 Å². The molecule has 1 amide bonds. The summed E-state index contributed by atoms with van der Waals surface area (Å²) < 4.78 is 5.29. The molecule has 1 heterocycles. The lowest BCUT2D eigenvalue weighted by atomic mass is 10.2. The average molecular weight is 342 g/mol. The fourth-order valence-corrected chi connectivity index (χ4v) is 3.60. The van der Waals surface area contributed by atoms with Crippen molar-refractivity contribution in [1.82, 2.24) is 4.90 Å². The first-order chi connectivity index (χ1) is 11.8. The Balaban J connectivity index is 1.50. The highest BCUT2D eigenvalue weighted by Gasteiger charge is 2.21. The molecule has 126 valence electrons. The van der Waals surface area contributed by atoms with Crippen LogP contribution in [0.15, 0.2) is 59.5 Å². The smallest absolute Gasteiger partial charge is 0.233 e. The number of hydrogen-bond acceptors (Lipinski definition) is 4. The fourth-order valence-electron chi connectivity index (χ4n) is 2.77. The minimum Gasteiger partial charge on any atom is -0.497 e. The van der Waals surface area contributed by atoms with Crippen molar-refractivity contribution in [3.63, 3.8) is 0 Å². The molecule has 24 heavy (non-hydrogen) atoms. The number of methoxy groups -OCH3 is 1. The molecule has 0 spiro atoms. The third kappa shape index (κ3) is 4.23. The van der Waals surface area contributed by atoms with Gasteiger partial charge in [-0.3, -0.25) is 4.79 Å². The lowest BCUT2D eigenvalue weighted by Crippen LogP contribution is -2.49. The molecule has 1 fully saturated rings. The van der Waals surface area contributed by atoms with Gasteiger partial charge in [0.25, 0.3) is 0 Å². The van der Waals surface area contributed by atoms with Gasteiger partial charge in [-0.2, -0.15) is 0 Å². The van der Waals surface area contributed by atoms with Gasteiger partial charge in [0, 0.05) is 42.8 Å². The molecule has 1 aliphatic rings. The summed E-state index contributed by atoms with van der Waals surface area (Å²) in [7, 11) is 1.68. The Hall–Kier alpha value is -2.14. The second-order valence-corrected chi connectivity index (χ2v) is 6.72. The van der Waals surface area contributed by atoms with Gasteiger partial charge >= 0.3 is 0 Å². The van der Waals surface area contributed by atoms with Crippen LogP contribution in [0, 0.1) is 0 Å². The molecule has 0 saturated carbocycles. The molecule has 2 aromatic carbocycles. The second-order valence-electron chi connectivity index (χ2n) is 5.67. The highest BCUT2D eigenvalue weighted by Crippen LogP contribution is 2.23. The zero-order valence-corrected chi connectivity index (χ0v) is 14.7. The highest BCUT2D eigenvalue weighted by atomic mass is 32.2. The Bertz CT molecular complexity index is 670. The molecule has 0 atom stereocenters. The van der Waals surface area contributed by atoms with Crippen molar-refractivity contribution < 1.29 is 9.53 Å². The van der Waals surface area contributed by atoms with Crippen molar-refractivity contribution >= 4 is 23.4 Å². The molecule has 0 unspecified atom stereocenters. The Kier molecular flexibility index (Phi) is 5.64. The van der Waals surface area contributed by atoms with Gasteiger partial charge < -0.3 is 14.5 Å². The molecule has 0 N–H and O–H groups in total. The van der Waals surface area contributed by atoms with Crippen LogP contribution in [0.2, 0.25) is 0 Å². The first kappa shape index (κ1) is 16.7. The van der Waals surface area contributed by atoms with E-state index in [0.717, 1.165) is 42.5 Å². The van der Waals surface area contributed by atoms with E-state index < -0.39 is 0 Å². The molecule has 1 saturated heterocycles. The van der Waals surface area contributed by atoms with Crippen molar-refractivity contribution in [3.8, 4) is 5.75 Å². The molecule has 0 bridgehead atoms. The third-order valence-corrected chi connectivity index (χ3v) is 5.15. The molecule has 3 rings (SSSR count). The number of ether oxygens (including phenoxy) is 1. The summed E-state index contributed by atoms with van der Waals surface area (Å²) in [6.45, 7) is 3.25. The molecule has 0 aliphatic carbocycles. The summed E-state index contributed by atoms with van der Waals surface area (Å²) in [5, 5.41) is 0. The highest BCUT2D eigenvalue weighted by molar-refractivity contribution is 8.00. The van der Waals surface area contributed by atoms with E-state index in [0.29, 0.717) is 5.75 Å². The normalized spacial score (nSPS) is 14.5. The second kappa shape index (κ2) is 8.11.